The van der Waals surface area contributed by atoms with Crippen LogP contribution in [0.2, 0.25) is 0 Å². The van der Waals surface area contributed by atoms with Crippen LogP contribution in [0.25, 0.3) is 10.9 Å². The van der Waals surface area contributed by atoms with Gasteiger partial charge >= 0.3 is 0 Å². The highest BCUT2D eigenvalue weighted by atomic mass is 32.1. The number of aromatic amines is 1. The molecular formula is C18H22N4O2S. The maximum atomic E-state index is 12.3. The van der Waals surface area contributed by atoms with Crippen LogP contribution in [-0.4, -0.2) is 45.8 Å². The molecule has 7 heteroatoms. The second-order valence-corrected chi connectivity index (χ2v) is 6.41. The summed E-state index contributed by atoms with van der Waals surface area (Å²) in [7, 11) is 0. The molecule has 0 spiro atoms. The molecule has 0 unspecified atom stereocenters. The highest BCUT2D eigenvalue weighted by Crippen LogP contribution is 2.15. The maximum Gasteiger partial charge on any atom is 0.258 e. The van der Waals surface area contributed by atoms with Gasteiger partial charge in [0.05, 0.1) is 23.6 Å². The van der Waals surface area contributed by atoms with Gasteiger partial charge in [-0.25, -0.2) is 4.98 Å². The summed E-state index contributed by atoms with van der Waals surface area (Å²) in [5, 5.41) is 4.33. The Hall–Kier alpha value is -2.25. The predicted molar refractivity (Wildman–Crippen MR) is 103 cm³/mol. The topological polar surface area (TPSA) is 70.2 Å². The van der Waals surface area contributed by atoms with Crippen molar-refractivity contribution in [3.8, 4) is 0 Å². The van der Waals surface area contributed by atoms with E-state index in [1.54, 1.807) is 12.1 Å². The molecule has 6 nitrogen and oxygen atoms in total. The quantitative estimate of drug-likeness (QED) is 0.608. The monoisotopic (exact) mass is 358 g/mol. The highest BCUT2D eigenvalue weighted by Gasteiger charge is 2.21. The number of hydrogen-bond acceptors (Lipinski definition) is 4. The molecule has 2 aromatic rings. The number of nitrogens with zero attached hydrogens (tertiary/aromatic N) is 2. The van der Waals surface area contributed by atoms with Gasteiger partial charge in [0.1, 0.15) is 5.82 Å². The molecule has 1 aromatic heterocycles. The van der Waals surface area contributed by atoms with Gasteiger partial charge in [-0.15, -0.1) is 6.58 Å². The van der Waals surface area contributed by atoms with E-state index in [0.29, 0.717) is 41.5 Å². The second-order valence-electron chi connectivity index (χ2n) is 6.02. The van der Waals surface area contributed by atoms with Crippen LogP contribution in [0.1, 0.15) is 18.7 Å². The van der Waals surface area contributed by atoms with Gasteiger partial charge in [-0.3, -0.25) is 4.79 Å². The predicted octanol–water partition coefficient (Wildman–Crippen LogP) is 1.96. The fraction of sp³-hybridized carbons (Fsp3) is 0.389. The van der Waals surface area contributed by atoms with E-state index < -0.39 is 0 Å². The number of hydrogen-bond donors (Lipinski definition) is 2. The molecule has 1 aliphatic heterocycles. The Bertz CT molecular complexity index is 814. The summed E-state index contributed by atoms with van der Waals surface area (Å²) >= 11 is 5.50. The van der Waals surface area contributed by atoms with Crippen LogP contribution in [0.15, 0.2) is 41.7 Å². The summed E-state index contributed by atoms with van der Waals surface area (Å²) in [6.45, 7) is 6.16. The Morgan fingerprint density at radius 1 is 1.52 bits per heavy atom. The first kappa shape index (κ1) is 17.6. The van der Waals surface area contributed by atoms with E-state index in [9.17, 15) is 4.79 Å². The van der Waals surface area contributed by atoms with Crippen LogP contribution >= 0.6 is 12.2 Å². The summed E-state index contributed by atoms with van der Waals surface area (Å²) in [6, 6.07) is 7.31. The number of benzene rings is 1. The van der Waals surface area contributed by atoms with Crippen molar-refractivity contribution in [3.05, 3.63) is 53.1 Å². The minimum atomic E-state index is -0.136. The van der Waals surface area contributed by atoms with Crippen LogP contribution < -0.4 is 10.9 Å². The number of ether oxygens (including phenoxy) is 1. The van der Waals surface area contributed by atoms with Gasteiger partial charge in [0.2, 0.25) is 0 Å². The van der Waals surface area contributed by atoms with E-state index in [2.05, 4.69) is 21.9 Å². The molecule has 3 rings (SSSR count). The molecular weight excluding hydrogens is 336 g/mol. The van der Waals surface area contributed by atoms with Gasteiger partial charge in [-0.05, 0) is 37.2 Å². The molecule has 132 valence electrons. The van der Waals surface area contributed by atoms with Crippen molar-refractivity contribution in [1.82, 2.24) is 20.2 Å². The van der Waals surface area contributed by atoms with Crippen molar-refractivity contribution < 1.29 is 4.74 Å². The van der Waals surface area contributed by atoms with Gasteiger partial charge in [0.15, 0.2) is 5.11 Å². The molecule has 0 radical (unpaired) electrons. The third kappa shape index (κ3) is 4.43. The van der Waals surface area contributed by atoms with Crippen molar-refractivity contribution in [2.75, 3.05) is 19.7 Å². The van der Waals surface area contributed by atoms with Crippen LogP contribution in [0.4, 0.5) is 0 Å². The lowest BCUT2D eigenvalue weighted by Crippen LogP contribution is -2.43. The van der Waals surface area contributed by atoms with E-state index in [1.807, 2.05) is 23.1 Å². The number of fused-ring (bicyclic) bond motifs is 1. The van der Waals surface area contributed by atoms with E-state index in [4.69, 9.17) is 17.0 Å². The lowest BCUT2D eigenvalue weighted by Gasteiger charge is -2.27. The summed E-state index contributed by atoms with van der Waals surface area (Å²) in [4.78, 5) is 21.7. The zero-order valence-corrected chi connectivity index (χ0v) is 14.8. The number of aromatic nitrogens is 2. The van der Waals surface area contributed by atoms with Crippen molar-refractivity contribution in [2.24, 2.45) is 0 Å². The molecule has 25 heavy (non-hydrogen) atoms. The highest BCUT2D eigenvalue weighted by molar-refractivity contribution is 7.80. The lowest BCUT2D eigenvalue weighted by atomic mass is 10.2. The lowest BCUT2D eigenvalue weighted by molar-refractivity contribution is 0.0893. The minimum Gasteiger partial charge on any atom is -0.376 e. The molecule has 1 aliphatic rings. The van der Waals surface area contributed by atoms with Crippen LogP contribution in [-0.2, 0) is 11.3 Å². The largest absolute Gasteiger partial charge is 0.376 e. The Balaban J connectivity index is 1.81. The first-order valence-corrected chi connectivity index (χ1v) is 8.81. The third-order valence-corrected chi connectivity index (χ3v) is 4.54. The Morgan fingerprint density at radius 2 is 2.36 bits per heavy atom. The molecule has 2 heterocycles. The minimum absolute atomic E-state index is 0.136. The van der Waals surface area contributed by atoms with Gasteiger partial charge in [-0.1, -0.05) is 18.2 Å². The fourth-order valence-electron chi connectivity index (χ4n) is 2.92. The Labute approximate surface area is 151 Å². The van der Waals surface area contributed by atoms with Gasteiger partial charge in [0.25, 0.3) is 5.56 Å². The van der Waals surface area contributed by atoms with Gasteiger partial charge in [-0.2, -0.15) is 0 Å². The number of rotatable bonds is 6. The van der Waals surface area contributed by atoms with Crippen LogP contribution in [0, 0.1) is 0 Å². The van der Waals surface area contributed by atoms with Gasteiger partial charge < -0.3 is 19.9 Å². The van der Waals surface area contributed by atoms with Crippen molar-refractivity contribution in [2.45, 2.75) is 25.5 Å². The summed E-state index contributed by atoms with van der Waals surface area (Å²) in [5.74, 6) is 0.587. The number of para-hydroxylation sites is 1. The van der Waals surface area contributed by atoms with Gasteiger partial charge in [0, 0.05) is 19.7 Å². The van der Waals surface area contributed by atoms with E-state index in [-0.39, 0.29) is 11.7 Å². The molecule has 0 saturated carbocycles. The number of H-pyrrole nitrogens is 1. The first-order valence-electron chi connectivity index (χ1n) is 8.40. The molecule has 0 aliphatic carbocycles. The average Bonchev–Trinajstić information content (AvgIpc) is 3.12. The Morgan fingerprint density at radius 3 is 3.12 bits per heavy atom. The number of thiocarbonyl (C=S) groups is 1. The SMILES string of the molecule is C=CCNC(=S)N(Cc1nc2ccccc2c(=O)[nH]1)C[C@H]1CCCO1. The fourth-order valence-corrected chi connectivity index (χ4v) is 3.14. The third-order valence-electron chi connectivity index (χ3n) is 4.14. The van der Waals surface area contributed by atoms with E-state index in [0.717, 1.165) is 19.4 Å². The van der Waals surface area contributed by atoms with Crippen molar-refractivity contribution >= 4 is 28.2 Å². The van der Waals surface area contributed by atoms with Crippen molar-refractivity contribution in [1.29, 1.82) is 0 Å². The Kier molecular flexibility index (Phi) is 5.78. The molecule has 0 amide bonds. The molecule has 0 bridgehead atoms. The first-order chi connectivity index (χ1) is 12.2. The van der Waals surface area contributed by atoms with E-state index in [1.165, 1.54) is 0 Å². The van der Waals surface area contributed by atoms with Crippen molar-refractivity contribution in [3.63, 3.8) is 0 Å². The molecule has 1 aromatic carbocycles. The second kappa shape index (κ2) is 8.22. The van der Waals surface area contributed by atoms with E-state index >= 15 is 0 Å². The van der Waals surface area contributed by atoms with Crippen LogP contribution in [0.3, 0.4) is 0 Å². The zero-order chi connectivity index (χ0) is 17.6. The summed E-state index contributed by atoms with van der Waals surface area (Å²) < 4.78 is 5.73. The normalized spacial score (nSPS) is 16.7. The molecule has 1 fully saturated rings. The number of nitrogens with one attached hydrogen (secondary N) is 2. The molecule has 1 saturated heterocycles. The summed E-state index contributed by atoms with van der Waals surface area (Å²) in [6.07, 6.45) is 3.99. The smallest absolute Gasteiger partial charge is 0.258 e. The zero-order valence-electron chi connectivity index (χ0n) is 14.0. The molecule has 1 atom stereocenters. The van der Waals surface area contributed by atoms with Crippen LogP contribution in [0.5, 0.6) is 0 Å². The maximum absolute atomic E-state index is 12.3. The summed E-state index contributed by atoms with van der Waals surface area (Å²) in [5.41, 5.74) is 0.547. The standard InChI is InChI=1S/C18H22N4O2S/c1-2-9-19-18(25)22(11-13-6-5-10-24-13)12-16-20-15-8-4-3-7-14(15)17(23)21-16/h2-4,7-8,13H,1,5-6,9-12H2,(H,19,25)(H,20,21,23)/t13-/m1/s1. The average molecular weight is 358 g/mol. The molecule has 2 N–H and O–H groups in total.